The van der Waals surface area contributed by atoms with E-state index in [0.717, 1.165) is 25.0 Å². The van der Waals surface area contributed by atoms with Crippen molar-refractivity contribution in [1.82, 2.24) is 15.1 Å². The second-order valence-electron chi connectivity index (χ2n) is 5.54. The molecule has 0 spiro atoms. The number of aromatic nitrogens is 2. The smallest absolute Gasteiger partial charge is 0.356 e. The Kier molecular flexibility index (Phi) is 3.75. The Bertz CT molecular complexity index is 663. The van der Waals surface area contributed by atoms with E-state index in [1.807, 2.05) is 0 Å². The fourth-order valence-corrected chi connectivity index (χ4v) is 2.90. The van der Waals surface area contributed by atoms with E-state index >= 15 is 0 Å². The van der Waals surface area contributed by atoms with Gasteiger partial charge in [0.1, 0.15) is 0 Å². The molecule has 1 aromatic heterocycles. The summed E-state index contributed by atoms with van der Waals surface area (Å²) in [7, 11) is 1.78. The fourth-order valence-electron chi connectivity index (χ4n) is 2.90. The van der Waals surface area contributed by atoms with Crippen molar-refractivity contribution >= 4 is 5.97 Å². The molecule has 21 heavy (non-hydrogen) atoms. The Balaban J connectivity index is 1.63. The van der Waals surface area contributed by atoms with Crippen LogP contribution < -0.4 is 5.32 Å². The van der Waals surface area contributed by atoms with E-state index < -0.39 is 5.97 Å². The van der Waals surface area contributed by atoms with Gasteiger partial charge in [-0.05, 0) is 36.5 Å². The molecule has 5 nitrogen and oxygen atoms in total. The molecule has 1 atom stereocenters. The molecule has 2 N–H and O–H groups in total. The quantitative estimate of drug-likeness (QED) is 0.898. The first-order valence-corrected chi connectivity index (χ1v) is 7.20. The topological polar surface area (TPSA) is 67.2 Å². The molecule has 1 aliphatic rings. The lowest BCUT2D eigenvalue weighted by molar-refractivity contribution is 0.0689. The van der Waals surface area contributed by atoms with Crippen LogP contribution in [0.5, 0.6) is 0 Å². The first kappa shape index (κ1) is 13.8. The Labute approximate surface area is 123 Å². The minimum absolute atomic E-state index is 0.100. The first-order chi connectivity index (χ1) is 10.1. The molecule has 1 aromatic carbocycles. The maximum atomic E-state index is 10.9. The number of carboxylic acid groups (broad SMARTS) is 1. The van der Waals surface area contributed by atoms with E-state index in [-0.39, 0.29) is 5.69 Å². The molecule has 0 amide bonds. The van der Waals surface area contributed by atoms with Gasteiger partial charge in [-0.25, -0.2) is 4.79 Å². The molecule has 0 aliphatic heterocycles. The highest BCUT2D eigenvalue weighted by atomic mass is 16.4. The maximum absolute atomic E-state index is 10.9. The number of aromatic carboxylic acids is 1. The monoisotopic (exact) mass is 285 g/mol. The van der Waals surface area contributed by atoms with Gasteiger partial charge in [0, 0.05) is 19.6 Å². The fraction of sp³-hybridized carbons (Fsp3) is 0.375. The number of carbonyl (C=O) groups is 1. The van der Waals surface area contributed by atoms with Crippen LogP contribution in [0.3, 0.4) is 0 Å². The lowest BCUT2D eigenvalue weighted by atomic mass is 9.88. The molecular weight excluding hydrogens is 266 g/mol. The number of carboxylic acids is 1. The minimum atomic E-state index is -0.983. The lowest BCUT2D eigenvalue weighted by Crippen LogP contribution is -2.34. The van der Waals surface area contributed by atoms with Gasteiger partial charge in [-0.3, -0.25) is 4.68 Å². The highest BCUT2D eigenvalue weighted by Crippen LogP contribution is 2.21. The Morgan fingerprint density at radius 1 is 1.43 bits per heavy atom. The van der Waals surface area contributed by atoms with Crippen molar-refractivity contribution in [3.8, 4) is 0 Å². The van der Waals surface area contributed by atoms with E-state index in [4.69, 9.17) is 5.11 Å². The molecule has 2 aromatic rings. The third-order valence-electron chi connectivity index (χ3n) is 4.11. The van der Waals surface area contributed by atoms with Crippen molar-refractivity contribution in [2.24, 2.45) is 7.05 Å². The molecule has 0 saturated heterocycles. The van der Waals surface area contributed by atoms with Crippen LogP contribution in [0, 0.1) is 0 Å². The number of rotatable bonds is 4. The van der Waals surface area contributed by atoms with Crippen LogP contribution in [0.1, 0.15) is 33.7 Å². The standard InChI is InChI=1S/C16H19N3O2/c1-19-14(9-15(18-19)16(20)21)10-17-13-7-6-11-4-2-3-5-12(11)8-13/h2-5,9,13,17H,6-8,10H2,1H3,(H,20,21). The number of aryl methyl sites for hydroxylation is 2. The van der Waals surface area contributed by atoms with E-state index in [1.54, 1.807) is 17.8 Å². The van der Waals surface area contributed by atoms with Gasteiger partial charge in [0.05, 0.1) is 5.69 Å². The Hall–Kier alpha value is -2.14. The number of hydrogen-bond donors (Lipinski definition) is 2. The summed E-state index contributed by atoms with van der Waals surface area (Å²) in [4.78, 5) is 10.9. The van der Waals surface area contributed by atoms with Gasteiger partial charge in [0.15, 0.2) is 5.69 Å². The summed E-state index contributed by atoms with van der Waals surface area (Å²) in [5.74, 6) is -0.983. The van der Waals surface area contributed by atoms with Gasteiger partial charge in [0.25, 0.3) is 0 Å². The summed E-state index contributed by atoms with van der Waals surface area (Å²) in [6.45, 7) is 0.642. The molecule has 3 rings (SSSR count). The van der Waals surface area contributed by atoms with Gasteiger partial charge in [-0.15, -0.1) is 0 Å². The SMILES string of the molecule is Cn1nc(C(=O)O)cc1CNC1CCc2ccccc2C1. The van der Waals surface area contributed by atoms with Crippen LogP contribution in [0.2, 0.25) is 0 Å². The van der Waals surface area contributed by atoms with E-state index in [2.05, 4.69) is 34.7 Å². The molecular formula is C16H19N3O2. The predicted octanol–water partition coefficient (Wildman–Crippen LogP) is 1.77. The summed E-state index contributed by atoms with van der Waals surface area (Å²) in [5, 5.41) is 16.5. The van der Waals surface area contributed by atoms with Gasteiger partial charge >= 0.3 is 5.97 Å². The van der Waals surface area contributed by atoms with Crippen LogP contribution in [0.4, 0.5) is 0 Å². The highest BCUT2D eigenvalue weighted by Gasteiger charge is 2.18. The second-order valence-corrected chi connectivity index (χ2v) is 5.54. The molecule has 1 unspecified atom stereocenters. The minimum Gasteiger partial charge on any atom is -0.476 e. The largest absolute Gasteiger partial charge is 0.476 e. The second kappa shape index (κ2) is 5.69. The molecule has 0 fully saturated rings. The predicted molar refractivity (Wildman–Crippen MR) is 79.3 cm³/mol. The zero-order chi connectivity index (χ0) is 14.8. The lowest BCUT2D eigenvalue weighted by Gasteiger charge is -2.25. The molecule has 110 valence electrons. The van der Waals surface area contributed by atoms with Crippen molar-refractivity contribution in [2.75, 3.05) is 0 Å². The molecule has 0 radical (unpaired) electrons. The zero-order valence-corrected chi connectivity index (χ0v) is 12.0. The summed E-state index contributed by atoms with van der Waals surface area (Å²) in [6, 6.07) is 10.6. The highest BCUT2D eigenvalue weighted by molar-refractivity contribution is 5.85. The number of fused-ring (bicyclic) bond motifs is 1. The van der Waals surface area contributed by atoms with Gasteiger partial charge in [0.2, 0.25) is 0 Å². The first-order valence-electron chi connectivity index (χ1n) is 7.20. The summed E-state index contributed by atoms with van der Waals surface area (Å²) < 4.78 is 1.63. The average molecular weight is 285 g/mol. The van der Waals surface area contributed by atoms with Crippen LogP contribution in [-0.2, 0) is 26.4 Å². The van der Waals surface area contributed by atoms with Crippen LogP contribution >= 0.6 is 0 Å². The molecule has 1 aliphatic carbocycles. The number of hydrogen-bond acceptors (Lipinski definition) is 3. The molecule has 0 saturated carbocycles. The maximum Gasteiger partial charge on any atom is 0.356 e. The van der Waals surface area contributed by atoms with Crippen molar-refractivity contribution in [3.05, 3.63) is 52.8 Å². The summed E-state index contributed by atoms with van der Waals surface area (Å²) in [5.41, 5.74) is 3.86. The van der Waals surface area contributed by atoms with Gasteiger partial charge in [-0.2, -0.15) is 5.10 Å². The normalized spacial score (nSPS) is 17.5. The van der Waals surface area contributed by atoms with Gasteiger partial charge in [-0.1, -0.05) is 24.3 Å². The summed E-state index contributed by atoms with van der Waals surface area (Å²) >= 11 is 0. The number of nitrogens with one attached hydrogen (secondary N) is 1. The Morgan fingerprint density at radius 3 is 2.90 bits per heavy atom. The van der Waals surface area contributed by atoms with Crippen molar-refractivity contribution < 1.29 is 9.90 Å². The number of benzene rings is 1. The third kappa shape index (κ3) is 2.97. The van der Waals surface area contributed by atoms with Crippen molar-refractivity contribution in [3.63, 3.8) is 0 Å². The molecule has 0 bridgehead atoms. The Morgan fingerprint density at radius 2 is 2.19 bits per heavy atom. The summed E-state index contributed by atoms with van der Waals surface area (Å²) in [6.07, 6.45) is 3.24. The van der Waals surface area contributed by atoms with E-state index in [0.29, 0.717) is 12.6 Å². The van der Waals surface area contributed by atoms with E-state index in [9.17, 15) is 4.79 Å². The van der Waals surface area contributed by atoms with Crippen LogP contribution in [0.25, 0.3) is 0 Å². The van der Waals surface area contributed by atoms with E-state index in [1.165, 1.54) is 11.1 Å². The van der Waals surface area contributed by atoms with Crippen molar-refractivity contribution in [1.29, 1.82) is 0 Å². The zero-order valence-electron chi connectivity index (χ0n) is 12.0. The van der Waals surface area contributed by atoms with Crippen LogP contribution in [0.15, 0.2) is 30.3 Å². The van der Waals surface area contributed by atoms with Crippen LogP contribution in [-0.4, -0.2) is 26.9 Å². The molecule has 1 heterocycles. The number of nitrogens with zero attached hydrogens (tertiary/aromatic N) is 2. The average Bonchev–Trinajstić information content (AvgIpc) is 2.86. The van der Waals surface area contributed by atoms with Crippen molar-refractivity contribution in [2.45, 2.75) is 31.8 Å². The van der Waals surface area contributed by atoms with Gasteiger partial charge < -0.3 is 10.4 Å². The molecule has 5 heteroatoms. The third-order valence-corrected chi connectivity index (χ3v) is 4.11.